The van der Waals surface area contributed by atoms with E-state index >= 15 is 0 Å². The lowest BCUT2D eigenvalue weighted by molar-refractivity contribution is 0.288. The smallest absolute Gasteiger partial charge is 0.191 e. The van der Waals surface area contributed by atoms with Crippen molar-refractivity contribution in [1.29, 1.82) is 0 Å². The molecule has 0 saturated heterocycles. The molecular formula is C20H21Cl2N3OS. The molecule has 27 heavy (non-hydrogen) atoms. The number of aromatic nitrogens is 3. The molecule has 4 nitrogen and oxygen atoms in total. The quantitative estimate of drug-likeness (QED) is 0.415. The molecule has 142 valence electrons. The van der Waals surface area contributed by atoms with Gasteiger partial charge in [-0.05, 0) is 48.7 Å². The first kappa shape index (κ1) is 20.1. The lowest BCUT2D eigenvalue weighted by Gasteiger charge is -2.09. The monoisotopic (exact) mass is 421 g/mol. The van der Waals surface area contributed by atoms with Crippen molar-refractivity contribution in [3.8, 4) is 5.75 Å². The van der Waals surface area contributed by atoms with E-state index in [4.69, 9.17) is 27.9 Å². The van der Waals surface area contributed by atoms with E-state index in [0.29, 0.717) is 22.4 Å². The molecule has 0 radical (unpaired) electrons. The first-order chi connectivity index (χ1) is 13.1. The summed E-state index contributed by atoms with van der Waals surface area (Å²) in [6, 6.07) is 13.7. The van der Waals surface area contributed by atoms with Crippen molar-refractivity contribution in [1.82, 2.24) is 14.8 Å². The Balaban J connectivity index is 1.64. The van der Waals surface area contributed by atoms with Gasteiger partial charge < -0.3 is 9.30 Å². The van der Waals surface area contributed by atoms with Crippen LogP contribution in [0.2, 0.25) is 10.0 Å². The summed E-state index contributed by atoms with van der Waals surface area (Å²) in [4.78, 5) is 0. The van der Waals surface area contributed by atoms with Gasteiger partial charge in [-0.1, -0.05) is 60.1 Å². The SMILES string of the molecule is CCc1ccc(OCc2nnc(SCc3ccc(Cl)cc3Cl)n2CC)cc1. The molecule has 0 bridgehead atoms. The first-order valence-electron chi connectivity index (χ1n) is 8.81. The third-order valence-corrected chi connectivity index (χ3v) is 5.78. The number of thioether (sulfide) groups is 1. The molecule has 0 N–H and O–H groups in total. The van der Waals surface area contributed by atoms with Gasteiger partial charge in [-0.25, -0.2) is 0 Å². The molecule has 0 aliphatic carbocycles. The van der Waals surface area contributed by atoms with E-state index < -0.39 is 0 Å². The second kappa shape index (κ2) is 9.49. The van der Waals surface area contributed by atoms with E-state index in [2.05, 4.69) is 40.7 Å². The molecule has 0 unspecified atom stereocenters. The van der Waals surface area contributed by atoms with Gasteiger partial charge in [0, 0.05) is 22.3 Å². The van der Waals surface area contributed by atoms with Gasteiger partial charge in [-0.3, -0.25) is 0 Å². The fourth-order valence-corrected chi connectivity index (χ4v) is 4.18. The predicted molar refractivity (Wildman–Crippen MR) is 112 cm³/mol. The van der Waals surface area contributed by atoms with Crippen LogP contribution < -0.4 is 4.74 Å². The Bertz CT molecular complexity index is 897. The van der Waals surface area contributed by atoms with Crippen molar-refractivity contribution < 1.29 is 4.74 Å². The summed E-state index contributed by atoms with van der Waals surface area (Å²) in [5.74, 6) is 2.34. The molecular weight excluding hydrogens is 401 g/mol. The predicted octanol–water partition coefficient (Wildman–Crippen LogP) is 6.04. The van der Waals surface area contributed by atoms with Crippen LogP contribution in [0.4, 0.5) is 0 Å². The third-order valence-electron chi connectivity index (χ3n) is 4.18. The van der Waals surface area contributed by atoms with Crippen LogP contribution in [0.1, 0.15) is 30.8 Å². The summed E-state index contributed by atoms with van der Waals surface area (Å²) in [5.41, 5.74) is 2.31. The van der Waals surface area contributed by atoms with Crippen molar-refractivity contribution in [2.45, 2.75) is 44.3 Å². The standard InChI is InChI=1S/C20H21Cl2N3OS/c1-3-14-5-9-17(10-6-14)26-12-19-23-24-20(25(19)4-2)27-13-15-7-8-16(21)11-18(15)22/h5-11H,3-4,12-13H2,1-2H3. The highest BCUT2D eigenvalue weighted by Gasteiger charge is 2.13. The number of hydrogen-bond acceptors (Lipinski definition) is 4. The highest BCUT2D eigenvalue weighted by molar-refractivity contribution is 7.98. The average molecular weight is 422 g/mol. The molecule has 0 fully saturated rings. The Kier molecular flexibility index (Phi) is 7.05. The molecule has 3 rings (SSSR count). The summed E-state index contributed by atoms with van der Waals surface area (Å²) in [7, 11) is 0. The fourth-order valence-electron chi connectivity index (χ4n) is 2.60. The van der Waals surface area contributed by atoms with Crippen molar-refractivity contribution in [2.24, 2.45) is 0 Å². The number of hydrogen-bond donors (Lipinski definition) is 0. The number of aryl methyl sites for hydroxylation is 1. The fraction of sp³-hybridized carbons (Fsp3) is 0.300. The summed E-state index contributed by atoms with van der Waals surface area (Å²) in [5, 5.41) is 10.8. The van der Waals surface area contributed by atoms with Crippen LogP contribution in [-0.2, 0) is 25.3 Å². The highest BCUT2D eigenvalue weighted by Crippen LogP contribution is 2.28. The van der Waals surface area contributed by atoms with Gasteiger partial charge in [-0.15, -0.1) is 10.2 Å². The van der Waals surface area contributed by atoms with Gasteiger partial charge >= 0.3 is 0 Å². The molecule has 0 saturated carbocycles. The van der Waals surface area contributed by atoms with E-state index in [1.54, 1.807) is 17.8 Å². The molecule has 7 heteroatoms. The van der Waals surface area contributed by atoms with E-state index in [1.807, 2.05) is 24.3 Å². The van der Waals surface area contributed by atoms with E-state index in [9.17, 15) is 0 Å². The van der Waals surface area contributed by atoms with Crippen molar-refractivity contribution in [3.63, 3.8) is 0 Å². The van der Waals surface area contributed by atoms with E-state index in [1.165, 1.54) is 5.56 Å². The van der Waals surface area contributed by atoms with Gasteiger partial charge in [0.15, 0.2) is 11.0 Å². The normalized spacial score (nSPS) is 11.0. The number of halogens is 2. The van der Waals surface area contributed by atoms with E-state index in [0.717, 1.165) is 35.3 Å². The zero-order valence-electron chi connectivity index (χ0n) is 15.3. The van der Waals surface area contributed by atoms with Gasteiger partial charge in [0.1, 0.15) is 12.4 Å². The molecule has 1 aromatic heterocycles. The van der Waals surface area contributed by atoms with Crippen LogP contribution in [0.25, 0.3) is 0 Å². The topological polar surface area (TPSA) is 39.9 Å². The van der Waals surface area contributed by atoms with Crippen LogP contribution >= 0.6 is 35.0 Å². The van der Waals surface area contributed by atoms with Crippen molar-refractivity contribution in [2.75, 3.05) is 0 Å². The molecule has 0 atom stereocenters. The summed E-state index contributed by atoms with van der Waals surface area (Å²) < 4.78 is 7.94. The maximum absolute atomic E-state index is 6.25. The van der Waals surface area contributed by atoms with Crippen molar-refractivity contribution in [3.05, 3.63) is 69.5 Å². The van der Waals surface area contributed by atoms with Crippen LogP contribution in [0, 0.1) is 0 Å². The minimum Gasteiger partial charge on any atom is -0.486 e. The Labute approximate surface area is 173 Å². The Hall–Kier alpha value is -1.69. The Morgan fingerprint density at radius 3 is 2.48 bits per heavy atom. The van der Waals surface area contributed by atoms with Crippen LogP contribution in [0.15, 0.2) is 47.6 Å². The van der Waals surface area contributed by atoms with Gasteiger partial charge in [0.05, 0.1) is 0 Å². The second-order valence-corrected chi connectivity index (χ2v) is 7.74. The van der Waals surface area contributed by atoms with E-state index in [-0.39, 0.29) is 0 Å². The maximum Gasteiger partial charge on any atom is 0.191 e. The minimum atomic E-state index is 0.384. The lowest BCUT2D eigenvalue weighted by atomic mass is 10.2. The van der Waals surface area contributed by atoms with Crippen LogP contribution in [0.3, 0.4) is 0 Å². The number of rotatable bonds is 8. The van der Waals surface area contributed by atoms with Gasteiger partial charge in [0.2, 0.25) is 0 Å². The maximum atomic E-state index is 6.25. The molecule has 1 heterocycles. The molecule has 2 aromatic carbocycles. The number of ether oxygens (including phenoxy) is 1. The average Bonchev–Trinajstić information content (AvgIpc) is 3.08. The molecule has 0 spiro atoms. The Morgan fingerprint density at radius 1 is 1.04 bits per heavy atom. The molecule has 3 aromatic rings. The molecule has 0 amide bonds. The third kappa shape index (κ3) is 5.18. The zero-order valence-corrected chi connectivity index (χ0v) is 17.6. The number of benzene rings is 2. The van der Waals surface area contributed by atoms with Crippen LogP contribution in [-0.4, -0.2) is 14.8 Å². The summed E-state index contributed by atoms with van der Waals surface area (Å²) in [6.45, 7) is 5.37. The van der Waals surface area contributed by atoms with Gasteiger partial charge in [0.25, 0.3) is 0 Å². The van der Waals surface area contributed by atoms with Gasteiger partial charge in [-0.2, -0.15) is 0 Å². The zero-order chi connectivity index (χ0) is 19.2. The summed E-state index contributed by atoms with van der Waals surface area (Å²) >= 11 is 13.8. The highest BCUT2D eigenvalue weighted by atomic mass is 35.5. The summed E-state index contributed by atoms with van der Waals surface area (Å²) in [6.07, 6.45) is 1.02. The second-order valence-electron chi connectivity index (χ2n) is 5.95. The number of nitrogens with zero attached hydrogens (tertiary/aromatic N) is 3. The largest absolute Gasteiger partial charge is 0.486 e. The van der Waals surface area contributed by atoms with Crippen LogP contribution in [0.5, 0.6) is 5.75 Å². The minimum absolute atomic E-state index is 0.384. The Morgan fingerprint density at radius 2 is 1.81 bits per heavy atom. The molecule has 0 aliphatic heterocycles. The lowest BCUT2D eigenvalue weighted by Crippen LogP contribution is -2.07. The first-order valence-corrected chi connectivity index (χ1v) is 10.6. The molecule has 0 aliphatic rings. The van der Waals surface area contributed by atoms with Crippen molar-refractivity contribution >= 4 is 35.0 Å².